The summed E-state index contributed by atoms with van der Waals surface area (Å²) in [5.74, 6) is 0. The minimum Gasteiger partial charge on any atom is -0.384 e. The Morgan fingerprint density at radius 1 is 1.35 bits per heavy atom. The Bertz CT molecular complexity index is 503. The first-order valence-electron chi connectivity index (χ1n) is 5.50. The van der Waals surface area contributed by atoms with Crippen molar-refractivity contribution in [3.05, 3.63) is 56.7 Å². The Labute approximate surface area is 111 Å². The van der Waals surface area contributed by atoms with Crippen molar-refractivity contribution in [1.82, 2.24) is 0 Å². The van der Waals surface area contributed by atoms with Crippen molar-refractivity contribution in [3.8, 4) is 0 Å². The molecule has 2 rings (SSSR count). The van der Waals surface area contributed by atoms with Crippen LogP contribution in [0.25, 0.3) is 0 Å². The molecule has 0 fully saturated rings. The maximum absolute atomic E-state index is 10.5. The van der Waals surface area contributed by atoms with Gasteiger partial charge in [0.2, 0.25) is 0 Å². The van der Waals surface area contributed by atoms with Crippen LogP contribution in [0.4, 0.5) is 0 Å². The minimum absolute atomic E-state index is 0.534. The van der Waals surface area contributed by atoms with Crippen molar-refractivity contribution in [1.29, 1.82) is 0 Å². The molecule has 1 heterocycles. The molecule has 0 saturated carbocycles. The molecular formula is C14H15ClOS. The first-order chi connectivity index (χ1) is 7.99. The van der Waals surface area contributed by atoms with Gasteiger partial charge in [-0.1, -0.05) is 29.8 Å². The van der Waals surface area contributed by atoms with Crippen LogP contribution in [0.2, 0.25) is 5.02 Å². The lowest BCUT2D eigenvalue weighted by Gasteiger charge is -2.22. The molecule has 0 saturated heterocycles. The van der Waals surface area contributed by atoms with Crippen LogP contribution in [0.1, 0.15) is 22.9 Å². The first-order valence-corrected chi connectivity index (χ1v) is 6.76. The molecule has 0 radical (unpaired) electrons. The largest absolute Gasteiger partial charge is 0.384 e. The van der Waals surface area contributed by atoms with E-state index in [1.54, 1.807) is 11.3 Å². The average molecular weight is 267 g/mol. The summed E-state index contributed by atoms with van der Waals surface area (Å²) in [4.78, 5) is 0.967. The average Bonchev–Trinajstić information content (AvgIpc) is 2.76. The number of thiophene rings is 1. The van der Waals surface area contributed by atoms with Crippen LogP contribution in [0.15, 0.2) is 35.7 Å². The van der Waals surface area contributed by atoms with Crippen LogP contribution < -0.4 is 0 Å². The van der Waals surface area contributed by atoms with Gasteiger partial charge in [-0.2, -0.15) is 0 Å². The van der Waals surface area contributed by atoms with Crippen molar-refractivity contribution in [2.24, 2.45) is 0 Å². The highest BCUT2D eigenvalue weighted by molar-refractivity contribution is 7.10. The van der Waals surface area contributed by atoms with Crippen molar-refractivity contribution < 1.29 is 5.11 Å². The van der Waals surface area contributed by atoms with E-state index in [4.69, 9.17) is 11.6 Å². The van der Waals surface area contributed by atoms with Crippen molar-refractivity contribution >= 4 is 22.9 Å². The van der Waals surface area contributed by atoms with Gasteiger partial charge in [0.25, 0.3) is 0 Å². The molecular weight excluding hydrogens is 252 g/mol. The van der Waals surface area contributed by atoms with Crippen LogP contribution in [0, 0.1) is 6.92 Å². The Kier molecular flexibility index (Phi) is 3.57. The SMILES string of the molecule is Cc1ccc(CC(C)(O)c2cccs2)c(Cl)c1. The van der Waals surface area contributed by atoms with Gasteiger partial charge >= 0.3 is 0 Å². The van der Waals surface area contributed by atoms with Crippen LogP contribution >= 0.6 is 22.9 Å². The lowest BCUT2D eigenvalue weighted by Crippen LogP contribution is -2.23. The monoisotopic (exact) mass is 266 g/mol. The fourth-order valence-corrected chi connectivity index (χ4v) is 2.93. The van der Waals surface area contributed by atoms with Gasteiger partial charge in [0.05, 0.1) is 5.60 Å². The van der Waals surface area contributed by atoms with Crippen molar-refractivity contribution in [2.45, 2.75) is 25.9 Å². The van der Waals surface area contributed by atoms with Crippen LogP contribution in [0.3, 0.4) is 0 Å². The summed E-state index contributed by atoms with van der Waals surface area (Å²) in [6.45, 7) is 3.84. The van der Waals surface area contributed by atoms with Crippen LogP contribution in [-0.2, 0) is 12.0 Å². The van der Waals surface area contributed by atoms with Gasteiger partial charge in [-0.3, -0.25) is 0 Å². The van der Waals surface area contributed by atoms with E-state index < -0.39 is 5.60 Å². The summed E-state index contributed by atoms with van der Waals surface area (Å²) in [6.07, 6.45) is 0.534. The maximum Gasteiger partial charge on any atom is 0.1000 e. The summed E-state index contributed by atoms with van der Waals surface area (Å²) in [5, 5.41) is 13.2. The summed E-state index contributed by atoms with van der Waals surface area (Å²) in [6, 6.07) is 9.84. The molecule has 90 valence electrons. The standard InChI is InChI=1S/C14H15ClOS/c1-10-5-6-11(12(15)8-10)9-14(2,16)13-4-3-7-17-13/h3-8,16H,9H2,1-2H3. The van der Waals surface area contributed by atoms with Crippen LogP contribution in [-0.4, -0.2) is 5.11 Å². The molecule has 17 heavy (non-hydrogen) atoms. The lowest BCUT2D eigenvalue weighted by atomic mass is 9.94. The fourth-order valence-electron chi connectivity index (χ4n) is 1.84. The van der Waals surface area contributed by atoms with Gasteiger partial charge in [-0.15, -0.1) is 11.3 Å². The third kappa shape index (κ3) is 2.89. The van der Waals surface area contributed by atoms with E-state index in [1.807, 2.05) is 49.6 Å². The van der Waals surface area contributed by atoms with E-state index in [0.29, 0.717) is 6.42 Å². The highest BCUT2D eigenvalue weighted by Crippen LogP contribution is 2.31. The Morgan fingerprint density at radius 3 is 2.71 bits per heavy atom. The van der Waals surface area contributed by atoms with E-state index in [2.05, 4.69) is 0 Å². The van der Waals surface area contributed by atoms with Crippen LogP contribution in [0.5, 0.6) is 0 Å². The molecule has 1 aromatic heterocycles. The van der Waals surface area contributed by atoms with E-state index in [-0.39, 0.29) is 0 Å². The Morgan fingerprint density at radius 2 is 2.12 bits per heavy atom. The zero-order chi connectivity index (χ0) is 12.5. The molecule has 3 heteroatoms. The number of hydrogen-bond acceptors (Lipinski definition) is 2. The van der Waals surface area contributed by atoms with Gasteiger partial charge in [0, 0.05) is 16.3 Å². The second kappa shape index (κ2) is 4.81. The van der Waals surface area contributed by atoms with Gasteiger partial charge in [-0.05, 0) is 42.5 Å². The number of aliphatic hydroxyl groups is 1. The number of aryl methyl sites for hydroxylation is 1. The summed E-state index contributed by atoms with van der Waals surface area (Å²) in [5.41, 5.74) is 1.26. The first kappa shape index (κ1) is 12.6. The molecule has 1 N–H and O–H groups in total. The minimum atomic E-state index is -0.854. The van der Waals surface area contributed by atoms with Gasteiger partial charge in [0.15, 0.2) is 0 Å². The topological polar surface area (TPSA) is 20.2 Å². The number of benzene rings is 1. The van der Waals surface area contributed by atoms with Gasteiger partial charge < -0.3 is 5.11 Å². The highest BCUT2D eigenvalue weighted by atomic mass is 35.5. The van der Waals surface area contributed by atoms with Gasteiger partial charge in [-0.25, -0.2) is 0 Å². The zero-order valence-corrected chi connectivity index (χ0v) is 11.5. The Hall–Kier alpha value is -0.830. The predicted molar refractivity (Wildman–Crippen MR) is 73.8 cm³/mol. The van der Waals surface area contributed by atoms with Crippen molar-refractivity contribution in [2.75, 3.05) is 0 Å². The fraction of sp³-hybridized carbons (Fsp3) is 0.286. The summed E-state index contributed by atoms with van der Waals surface area (Å²) in [7, 11) is 0. The molecule has 0 amide bonds. The third-order valence-electron chi connectivity index (χ3n) is 2.80. The maximum atomic E-state index is 10.5. The molecule has 0 aliphatic carbocycles. The molecule has 2 aromatic rings. The molecule has 1 unspecified atom stereocenters. The molecule has 1 atom stereocenters. The van der Waals surface area contributed by atoms with E-state index in [1.165, 1.54) is 0 Å². The van der Waals surface area contributed by atoms with Gasteiger partial charge in [0.1, 0.15) is 0 Å². The second-order valence-electron chi connectivity index (χ2n) is 4.52. The highest BCUT2D eigenvalue weighted by Gasteiger charge is 2.25. The molecule has 1 aromatic carbocycles. The summed E-state index contributed by atoms with van der Waals surface area (Å²) < 4.78 is 0. The second-order valence-corrected chi connectivity index (χ2v) is 5.88. The third-order valence-corrected chi connectivity index (χ3v) is 4.27. The number of halogens is 1. The molecule has 0 aliphatic rings. The summed E-state index contributed by atoms with van der Waals surface area (Å²) >= 11 is 7.75. The van der Waals surface area contributed by atoms with E-state index in [0.717, 1.165) is 21.0 Å². The normalized spacial score (nSPS) is 14.6. The lowest BCUT2D eigenvalue weighted by molar-refractivity contribution is 0.0615. The number of hydrogen-bond donors (Lipinski definition) is 1. The molecule has 0 spiro atoms. The zero-order valence-electron chi connectivity index (χ0n) is 9.90. The quantitative estimate of drug-likeness (QED) is 0.884. The smallest absolute Gasteiger partial charge is 0.1000 e. The van der Waals surface area contributed by atoms with E-state index in [9.17, 15) is 5.11 Å². The Balaban J connectivity index is 2.26. The molecule has 1 nitrogen and oxygen atoms in total. The number of rotatable bonds is 3. The molecule has 0 bridgehead atoms. The predicted octanol–water partition coefficient (Wildman–Crippen LogP) is 4.16. The van der Waals surface area contributed by atoms with E-state index >= 15 is 0 Å². The molecule has 0 aliphatic heterocycles. The van der Waals surface area contributed by atoms with Crippen molar-refractivity contribution in [3.63, 3.8) is 0 Å².